The lowest BCUT2D eigenvalue weighted by Gasteiger charge is -2.21. The largest absolute Gasteiger partial charge is 0.355 e. The fraction of sp³-hybridized carbons (Fsp3) is 0.353. The van der Waals surface area contributed by atoms with E-state index in [0.717, 1.165) is 28.9 Å². The van der Waals surface area contributed by atoms with Gasteiger partial charge in [-0.05, 0) is 49.1 Å². The van der Waals surface area contributed by atoms with Gasteiger partial charge in [0.15, 0.2) is 0 Å². The first-order valence-electron chi connectivity index (χ1n) is 7.12. The van der Waals surface area contributed by atoms with Gasteiger partial charge >= 0.3 is 0 Å². The van der Waals surface area contributed by atoms with Gasteiger partial charge in [-0.15, -0.1) is 0 Å². The summed E-state index contributed by atoms with van der Waals surface area (Å²) in [6.45, 7) is 4.65. The van der Waals surface area contributed by atoms with Crippen molar-refractivity contribution in [2.75, 3.05) is 11.9 Å². The molecule has 1 aromatic carbocycles. The summed E-state index contributed by atoms with van der Waals surface area (Å²) in [5.74, 6) is 0.700. The van der Waals surface area contributed by atoms with E-state index in [1.807, 2.05) is 38.1 Å². The fourth-order valence-corrected chi connectivity index (χ4v) is 2.49. The molecule has 0 aliphatic rings. The van der Waals surface area contributed by atoms with Crippen molar-refractivity contribution in [2.24, 2.45) is 5.73 Å². The summed E-state index contributed by atoms with van der Waals surface area (Å²) in [6.07, 6.45) is 2.69. The third kappa shape index (κ3) is 4.26. The Labute approximate surface area is 125 Å². The molecule has 21 heavy (non-hydrogen) atoms. The van der Waals surface area contributed by atoms with E-state index < -0.39 is 0 Å². The Balaban J connectivity index is 2.13. The Kier molecular flexibility index (Phi) is 4.91. The number of halogens is 1. The van der Waals surface area contributed by atoms with Gasteiger partial charge in [0.05, 0.1) is 0 Å². The van der Waals surface area contributed by atoms with Crippen LogP contribution in [-0.2, 0) is 13.0 Å². The zero-order valence-corrected chi connectivity index (χ0v) is 12.8. The predicted octanol–water partition coefficient (Wildman–Crippen LogP) is 3.06. The zero-order chi connectivity index (χ0) is 15.4. The number of aromatic nitrogens is 1. The lowest BCUT2D eigenvalue weighted by molar-refractivity contribution is 0.625. The fourth-order valence-electron chi connectivity index (χ4n) is 2.49. The van der Waals surface area contributed by atoms with Gasteiger partial charge in [-0.3, -0.25) is 0 Å². The van der Waals surface area contributed by atoms with Crippen molar-refractivity contribution in [1.29, 1.82) is 0 Å². The molecule has 2 aromatic rings. The van der Waals surface area contributed by atoms with Gasteiger partial charge in [-0.2, -0.15) is 0 Å². The van der Waals surface area contributed by atoms with Crippen LogP contribution in [0.1, 0.15) is 23.6 Å². The Hall–Kier alpha value is -1.94. The summed E-state index contributed by atoms with van der Waals surface area (Å²) in [4.78, 5) is 6.55. The van der Waals surface area contributed by atoms with Crippen LogP contribution in [0.4, 0.5) is 10.2 Å². The molecule has 0 amide bonds. The van der Waals surface area contributed by atoms with E-state index in [0.29, 0.717) is 6.54 Å². The average Bonchev–Trinajstić information content (AvgIpc) is 2.37. The van der Waals surface area contributed by atoms with Gasteiger partial charge in [0.25, 0.3) is 0 Å². The van der Waals surface area contributed by atoms with Crippen molar-refractivity contribution in [2.45, 2.75) is 32.9 Å². The highest BCUT2D eigenvalue weighted by molar-refractivity contribution is 5.47. The molecule has 0 aliphatic carbocycles. The standard InChI is InChI=1S/C17H22FN3/c1-12-7-15(8-13(2)19)10-20-17(12)21(3)11-14-5-4-6-16(18)9-14/h4-7,9-10,13H,8,11,19H2,1-3H3. The molecule has 4 heteroatoms. The second-order valence-electron chi connectivity index (χ2n) is 5.65. The number of hydrogen-bond acceptors (Lipinski definition) is 3. The third-order valence-corrected chi connectivity index (χ3v) is 3.34. The molecule has 2 N–H and O–H groups in total. The van der Waals surface area contributed by atoms with Crippen molar-refractivity contribution in [3.63, 3.8) is 0 Å². The quantitative estimate of drug-likeness (QED) is 0.919. The van der Waals surface area contributed by atoms with Crippen LogP contribution in [-0.4, -0.2) is 18.1 Å². The van der Waals surface area contributed by atoms with Crippen LogP contribution < -0.4 is 10.6 Å². The van der Waals surface area contributed by atoms with Crippen LogP contribution in [0.25, 0.3) is 0 Å². The predicted molar refractivity (Wildman–Crippen MR) is 84.8 cm³/mol. The highest BCUT2D eigenvalue weighted by Gasteiger charge is 2.09. The van der Waals surface area contributed by atoms with E-state index in [1.165, 1.54) is 6.07 Å². The van der Waals surface area contributed by atoms with Crippen LogP contribution in [0, 0.1) is 12.7 Å². The van der Waals surface area contributed by atoms with Crippen molar-refractivity contribution in [3.05, 3.63) is 59.0 Å². The van der Waals surface area contributed by atoms with E-state index in [-0.39, 0.29) is 11.9 Å². The molecule has 3 nitrogen and oxygen atoms in total. The molecular formula is C17H22FN3. The second-order valence-corrected chi connectivity index (χ2v) is 5.65. The van der Waals surface area contributed by atoms with Crippen LogP contribution in [0.2, 0.25) is 0 Å². The molecule has 0 spiro atoms. The Bertz CT molecular complexity index is 611. The summed E-state index contributed by atoms with van der Waals surface area (Å²) >= 11 is 0. The molecule has 0 saturated carbocycles. The maximum Gasteiger partial charge on any atom is 0.131 e. The summed E-state index contributed by atoms with van der Waals surface area (Å²) < 4.78 is 13.2. The Morgan fingerprint density at radius 3 is 2.67 bits per heavy atom. The number of benzene rings is 1. The molecule has 0 aliphatic heterocycles. The first kappa shape index (κ1) is 15.4. The molecule has 2 rings (SSSR count). The number of pyridine rings is 1. The molecule has 1 aromatic heterocycles. The maximum absolute atomic E-state index is 13.2. The van der Waals surface area contributed by atoms with E-state index in [1.54, 1.807) is 12.1 Å². The van der Waals surface area contributed by atoms with Crippen LogP contribution in [0.5, 0.6) is 0 Å². The van der Waals surface area contributed by atoms with E-state index >= 15 is 0 Å². The molecular weight excluding hydrogens is 265 g/mol. The van der Waals surface area contributed by atoms with Crippen LogP contribution >= 0.6 is 0 Å². The first-order chi connectivity index (χ1) is 9.95. The molecule has 1 unspecified atom stereocenters. The van der Waals surface area contributed by atoms with Crippen molar-refractivity contribution >= 4 is 5.82 Å². The van der Waals surface area contributed by atoms with Crippen molar-refractivity contribution in [1.82, 2.24) is 4.98 Å². The summed E-state index contributed by atoms with van der Waals surface area (Å²) in [5, 5.41) is 0. The minimum Gasteiger partial charge on any atom is -0.355 e. The number of anilines is 1. The highest BCUT2D eigenvalue weighted by atomic mass is 19.1. The van der Waals surface area contributed by atoms with Gasteiger partial charge in [0.2, 0.25) is 0 Å². The molecule has 0 radical (unpaired) electrons. The molecule has 0 saturated heterocycles. The monoisotopic (exact) mass is 287 g/mol. The number of nitrogens with two attached hydrogens (primary N) is 1. The average molecular weight is 287 g/mol. The molecule has 1 atom stereocenters. The minimum atomic E-state index is -0.210. The number of nitrogens with zero attached hydrogens (tertiary/aromatic N) is 2. The van der Waals surface area contributed by atoms with Gasteiger partial charge in [0.1, 0.15) is 11.6 Å². The number of aryl methyl sites for hydroxylation is 1. The van der Waals surface area contributed by atoms with Gasteiger partial charge < -0.3 is 10.6 Å². The van der Waals surface area contributed by atoms with E-state index in [9.17, 15) is 4.39 Å². The number of rotatable bonds is 5. The number of hydrogen-bond donors (Lipinski definition) is 1. The third-order valence-electron chi connectivity index (χ3n) is 3.34. The SMILES string of the molecule is Cc1cc(CC(C)N)cnc1N(C)Cc1cccc(F)c1. The summed E-state index contributed by atoms with van der Waals surface area (Å²) in [5.41, 5.74) is 8.99. The minimum absolute atomic E-state index is 0.127. The highest BCUT2D eigenvalue weighted by Crippen LogP contribution is 2.19. The van der Waals surface area contributed by atoms with Gasteiger partial charge in [0, 0.05) is 25.8 Å². The van der Waals surface area contributed by atoms with Crippen molar-refractivity contribution < 1.29 is 4.39 Å². The van der Waals surface area contributed by atoms with Gasteiger partial charge in [-0.25, -0.2) is 9.37 Å². The second kappa shape index (κ2) is 6.68. The molecule has 112 valence electrons. The Morgan fingerprint density at radius 1 is 1.29 bits per heavy atom. The van der Waals surface area contributed by atoms with E-state index in [4.69, 9.17) is 5.73 Å². The van der Waals surface area contributed by atoms with E-state index in [2.05, 4.69) is 11.1 Å². The summed E-state index contributed by atoms with van der Waals surface area (Å²) in [7, 11) is 1.96. The van der Waals surface area contributed by atoms with Gasteiger partial charge in [-0.1, -0.05) is 18.2 Å². The smallest absolute Gasteiger partial charge is 0.131 e. The van der Waals surface area contributed by atoms with Crippen LogP contribution in [0.15, 0.2) is 36.5 Å². The normalized spacial score (nSPS) is 12.2. The maximum atomic E-state index is 13.2. The lowest BCUT2D eigenvalue weighted by atomic mass is 10.1. The Morgan fingerprint density at radius 2 is 2.05 bits per heavy atom. The van der Waals surface area contributed by atoms with Crippen molar-refractivity contribution in [3.8, 4) is 0 Å². The first-order valence-corrected chi connectivity index (χ1v) is 7.12. The van der Waals surface area contributed by atoms with Crippen LogP contribution in [0.3, 0.4) is 0 Å². The topological polar surface area (TPSA) is 42.1 Å². The molecule has 1 heterocycles. The molecule has 0 bridgehead atoms. The molecule has 0 fully saturated rings. The lowest BCUT2D eigenvalue weighted by Crippen LogP contribution is -2.20. The summed E-state index contributed by atoms with van der Waals surface area (Å²) in [6, 6.07) is 8.89. The zero-order valence-electron chi connectivity index (χ0n) is 12.8.